The van der Waals surface area contributed by atoms with E-state index >= 15 is 0 Å². The van der Waals surface area contributed by atoms with Crippen molar-refractivity contribution in [2.24, 2.45) is 0 Å². The first-order chi connectivity index (χ1) is 6.09. The van der Waals surface area contributed by atoms with E-state index in [9.17, 15) is 0 Å². The predicted octanol–water partition coefficient (Wildman–Crippen LogP) is 1.32. The van der Waals surface area contributed by atoms with E-state index in [2.05, 4.69) is 25.9 Å². The second kappa shape index (κ2) is 4.32. The molecule has 5 heteroatoms. The fourth-order valence-electron chi connectivity index (χ4n) is 0.738. The van der Waals surface area contributed by atoms with Gasteiger partial charge in [0, 0.05) is 26.5 Å². The second-order valence-electron chi connectivity index (χ2n) is 2.84. The van der Waals surface area contributed by atoms with Gasteiger partial charge in [-0.25, -0.2) is 9.97 Å². The highest BCUT2D eigenvalue weighted by atomic mass is 79.9. The summed E-state index contributed by atoms with van der Waals surface area (Å²) < 4.78 is 0.854. The lowest BCUT2D eigenvalue weighted by atomic mass is 10.3. The topological polar surface area (TPSA) is 52.9 Å². The maximum Gasteiger partial charge on any atom is 0.135 e. The monoisotopic (exact) mass is 242 g/mol. The van der Waals surface area contributed by atoms with E-state index in [1.54, 1.807) is 17.3 Å². The van der Waals surface area contributed by atoms with Crippen LogP contribution in [0.2, 0.25) is 0 Å². The van der Waals surface area contributed by atoms with E-state index in [1.807, 2.05) is 14.1 Å². The zero-order valence-electron chi connectivity index (χ0n) is 7.58. The van der Waals surface area contributed by atoms with Gasteiger partial charge < -0.3 is 4.90 Å². The first-order valence-electron chi connectivity index (χ1n) is 3.81. The third-order valence-corrected chi connectivity index (χ3v) is 1.95. The van der Waals surface area contributed by atoms with Crippen molar-refractivity contribution in [1.29, 1.82) is 5.41 Å². The lowest BCUT2D eigenvalue weighted by molar-refractivity contribution is 0.601. The van der Waals surface area contributed by atoms with E-state index in [-0.39, 0.29) is 0 Å². The average molecular weight is 243 g/mol. The average Bonchev–Trinajstić information content (AvgIpc) is 2.08. The first kappa shape index (κ1) is 10.1. The molecule has 1 heterocycles. The van der Waals surface area contributed by atoms with Crippen molar-refractivity contribution < 1.29 is 0 Å². The van der Waals surface area contributed by atoms with Crippen molar-refractivity contribution in [2.75, 3.05) is 14.1 Å². The van der Waals surface area contributed by atoms with Crippen molar-refractivity contribution in [3.63, 3.8) is 0 Å². The van der Waals surface area contributed by atoms with Crippen LogP contribution in [0.25, 0.3) is 0 Å². The Morgan fingerprint density at radius 2 is 2.00 bits per heavy atom. The lowest BCUT2D eigenvalue weighted by Gasteiger charge is -2.12. The number of hydrogen-bond donors (Lipinski definition) is 1. The molecule has 0 unspecified atom stereocenters. The Morgan fingerprint density at radius 1 is 1.46 bits per heavy atom. The molecule has 0 spiro atoms. The van der Waals surface area contributed by atoms with Crippen molar-refractivity contribution >= 4 is 21.8 Å². The molecule has 0 aromatic carbocycles. The van der Waals surface area contributed by atoms with Gasteiger partial charge in [0.25, 0.3) is 0 Å². The van der Waals surface area contributed by atoms with Crippen LogP contribution in [0.15, 0.2) is 16.9 Å². The molecule has 1 N–H and O–H groups in total. The third-order valence-electron chi connectivity index (χ3n) is 1.54. The van der Waals surface area contributed by atoms with Crippen LogP contribution >= 0.6 is 15.9 Å². The molecule has 1 aromatic rings. The Balaban J connectivity index is 2.65. The first-order valence-corrected chi connectivity index (χ1v) is 4.60. The Bertz CT molecular complexity index is 294. The Kier molecular flexibility index (Phi) is 3.36. The van der Waals surface area contributed by atoms with Gasteiger partial charge in [0.1, 0.15) is 11.7 Å². The van der Waals surface area contributed by atoms with E-state index in [0.717, 1.165) is 4.47 Å². The molecular formula is C8H11BrN4. The summed E-state index contributed by atoms with van der Waals surface area (Å²) in [7, 11) is 3.67. The zero-order chi connectivity index (χ0) is 9.84. The molecule has 0 bridgehead atoms. The molecule has 0 saturated carbocycles. The van der Waals surface area contributed by atoms with Gasteiger partial charge in [-0.2, -0.15) is 0 Å². The summed E-state index contributed by atoms with van der Waals surface area (Å²) in [6.45, 7) is 0. The number of nitrogens with zero attached hydrogens (tertiary/aromatic N) is 3. The molecule has 70 valence electrons. The van der Waals surface area contributed by atoms with Gasteiger partial charge in [-0.1, -0.05) is 0 Å². The van der Waals surface area contributed by atoms with E-state index in [4.69, 9.17) is 5.41 Å². The highest BCUT2D eigenvalue weighted by Crippen LogP contribution is 2.04. The van der Waals surface area contributed by atoms with Crippen LogP contribution in [0, 0.1) is 5.41 Å². The van der Waals surface area contributed by atoms with Crippen LogP contribution < -0.4 is 0 Å². The van der Waals surface area contributed by atoms with Gasteiger partial charge in [-0.15, -0.1) is 0 Å². The molecule has 0 aliphatic heterocycles. The number of rotatable bonds is 2. The van der Waals surface area contributed by atoms with Crippen LogP contribution in [-0.2, 0) is 6.42 Å². The molecular weight excluding hydrogens is 232 g/mol. The summed E-state index contributed by atoms with van der Waals surface area (Å²) >= 11 is 3.25. The minimum absolute atomic E-state index is 0.472. The third kappa shape index (κ3) is 3.10. The summed E-state index contributed by atoms with van der Waals surface area (Å²) in [4.78, 5) is 9.89. The van der Waals surface area contributed by atoms with Gasteiger partial charge in [0.2, 0.25) is 0 Å². The molecule has 0 radical (unpaired) electrons. The summed E-state index contributed by atoms with van der Waals surface area (Å²) in [6, 6.07) is 0. The van der Waals surface area contributed by atoms with Crippen LogP contribution in [0.3, 0.4) is 0 Å². The van der Waals surface area contributed by atoms with Crippen LogP contribution in [0.5, 0.6) is 0 Å². The Morgan fingerprint density at radius 3 is 2.46 bits per heavy atom. The summed E-state index contributed by atoms with van der Waals surface area (Å²) in [5.41, 5.74) is 0. The molecule has 4 nitrogen and oxygen atoms in total. The number of likely N-dealkylation sites (N-methyl/N-ethyl adjacent to an activating group) is 1. The molecule has 0 atom stereocenters. The smallest absolute Gasteiger partial charge is 0.135 e. The zero-order valence-corrected chi connectivity index (χ0v) is 9.17. The van der Waals surface area contributed by atoms with Crippen LogP contribution in [0.1, 0.15) is 5.82 Å². The molecule has 13 heavy (non-hydrogen) atoms. The summed E-state index contributed by atoms with van der Waals surface area (Å²) in [6.07, 6.45) is 3.84. The number of aromatic nitrogens is 2. The van der Waals surface area contributed by atoms with Crippen molar-refractivity contribution in [2.45, 2.75) is 6.42 Å². The summed E-state index contributed by atoms with van der Waals surface area (Å²) in [5, 5.41) is 7.57. The Labute approximate surface area is 85.6 Å². The normalized spacial score (nSPS) is 9.77. The standard InChI is InChI=1S/C8H11BrN4/c1-13(2)7(10)3-8-11-4-6(9)5-12-8/h4-5,10H,3H2,1-2H3. The quantitative estimate of drug-likeness (QED) is 0.629. The van der Waals surface area contributed by atoms with Gasteiger partial charge in [0.15, 0.2) is 0 Å². The molecule has 1 aromatic heterocycles. The largest absolute Gasteiger partial charge is 0.366 e. The maximum atomic E-state index is 7.57. The lowest BCUT2D eigenvalue weighted by Crippen LogP contribution is -2.23. The SMILES string of the molecule is CN(C)C(=N)Cc1ncc(Br)cn1. The van der Waals surface area contributed by atoms with Crippen molar-refractivity contribution in [1.82, 2.24) is 14.9 Å². The highest BCUT2D eigenvalue weighted by molar-refractivity contribution is 9.10. The molecule has 0 aliphatic rings. The maximum absolute atomic E-state index is 7.57. The molecule has 0 amide bonds. The number of amidine groups is 1. The van der Waals surface area contributed by atoms with E-state index in [1.165, 1.54) is 0 Å². The highest BCUT2D eigenvalue weighted by Gasteiger charge is 2.03. The molecule has 0 fully saturated rings. The number of halogens is 1. The van der Waals surface area contributed by atoms with Crippen LogP contribution in [-0.4, -0.2) is 34.8 Å². The van der Waals surface area contributed by atoms with E-state index < -0.39 is 0 Å². The number of hydrogen-bond acceptors (Lipinski definition) is 3. The fraction of sp³-hybridized carbons (Fsp3) is 0.375. The van der Waals surface area contributed by atoms with E-state index in [0.29, 0.717) is 18.1 Å². The summed E-state index contributed by atoms with van der Waals surface area (Å²) in [5.74, 6) is 1.17. The van der Waals surface area contributed by atoms with Crippen molar-refractivity contribution in [3.8, 4) is 0 Å². The van der Waals surface area contributed by atoms with Crippen LogP contribution in [0.4, 0.5) is 0 Å². The molecule has 0 aliphatic carbocycles. The molecule has 1 rings (SSSR count). The van der Waals surface area contributed by atoms with Gasteiger partial charge in [-0.3, -0.25) is 5.41 Å². The van der Waals surface area contributed by atoms with Gasteiger partial charge in [-0.05, 0) is 15.9 Å². The minimum atomic E-state index is 0.472. The van der Waals surface area contributed by atoms with Crippen molar-refractivity contribution in [3.05, 3.63) is 22.7 Å². The fourth-order valence-corrected chi connectivity index (χ4v) is 0.943. The second-order valence-corrected chi connectivity index (χ2v) is 3.75. The predicted molar refractivity (Wildman–Crippen MR) is 54.8 cm³/mol. The Hall–Kier alpha value is -0.970. The van der Waals surface area contributed by atoms with Gasteiger partial charge in [0.05, 0.1) is 10.9 Å². The van der Waals surface area contributed by atoms with Gasteiger partial charge >= 0.3 is 0 Å². The molecule has 0 saturated heterocycles. The number of nitrogens with one attached hydrogen (secondary N) is 1. The minimum Gasteiger partial charge on any atom is -0.366 e.